The van der Waals surface area contributed by atoms with Gasteiger partial charge in [0.1, 0.15) is 11.7 Å². The molecule has 0 radical (unpaired) electrons. The van der Waals surface area contributed by atoms with Gasteiger partial charge in [-0.2, -0.15) is 0 Å². The highest BCUT2D eigenvalue weighted by molar-refractivity contribution is 6.48. The van der Waals surface area contributed by atoms with Crippen molar-refractivity contribution in [1.82, 2.24) is 25.9 Å². The van der Waals surface area contributed by atoms with Gasteiger partial charge in [0.2, 0.25) is 5.91 Å². The minimum absolute atomic E-state index is 0.0205. The summed E-state index contributed by atoms with van der Waals surface area (Å²) in [4.78, 5) is 48.1. The first kappa shape index (κ1) is 33.1. The van der Waals surface area contributed by atoms with Crippen LogP contribution in [-0.2, 0) is 20.5 Å². The Hall–Kier alpha value is -3.31. The quantitative estimate of drug-likeness (QED) is 0.288. The summed E-state index contributed by atoms with van der Waals surface area (Å²) < 4.78 is 13.3. The van der Waals surface area contributed by atoms with E-state index in [1.807, 2.05) is 12.1 Å². The van der Waals surface area contributed by atoms with Gasteiger partial charge in [0.15, 0.2) is 0 Å². The second kappa shape index (κ2) is 13.6. The summed E-state index contributed by atoms with van der Waals surface area (Å²) in [6.45, 7) is 13.0. The Labute approximate surface area is 267 Å². The van der Waals surface area contributed by atoms with Crippen LogP contribution in [-0.4, -0.2) is 65.0 Å². The molecule has 6 rings (SSSR count). The molecule has 4 aliphatic rings. The summed E-state index contributed by atoms with van der Waals surface area (Å²) in [6, 6.07) is 6.36. The molecule has 2 heterocycles. The van der Waals surface area contributed by atoms with Crippen molar-refractivity contribution in [1.29, 1.82) is 0 Å². The van der Waals surface area contributed by atoms with Crippen LogP contribution in [0.4, 0.5) is 0 Å². The third kappa shape index (κ3) is 7.09. The molecule has 1 saturated heterocycles. The van der Waals surface area contributed by atoms with Gasteiger partial charge in [0, 0.05) is 24.5 Å². The molecule has 0 unspecified atom stereocenters. The Morgan fingerprint density at radius 1 is 1.04 bits per heavy atom. The van der Waals surface area contributed by atoms with Crippen LogP contribution >= 0.6 is 0 Å². The van der Waals surface area contributed by atoms with Crippen molar-refractivity contribution in [2.24, 2.45) is 23.2 Å². The van der Waals surface area contributed by atoms with E-state index in [2.05, 4.69) is 67.5 Å². The van der Waals surface area contributed by atoms with E-state index in [-0.39, 0.29) is 29.7 Å². The topological polar surface area (TPSA) is 132 Å². The number of benzene rings is 1. The van der Waals surface area contributed by atoms with Crippen LogP contribution in [0.15, 0.2) is 42.9 Å². The summed E-state index contributed by atoms with van der Waals surface area (Å²) in [7, 11) is -0.609. The number of amides is 3. The number of hydrogen-bond acceptors (Lipinski definition) is 7. The van der Waals surface area contributed by atoms with Crippen molar-refractivity contribution < 1.29 is 23.7 Å². The summed E-state index contributed by atoms with van der Waals surface area (Å²) in [5.74, 6) is -0.502. The predicted molar refractivity (Wildman–Crippen MR) is 172 cm³/mol. The Bertz CT molecular complexity index is 1360. The number of aromatic nitrogens is 2. The molecule has 242 valence electrons. The Morgan fingerprint density at radius 2 is 1.80 bits per heavy atom. The zero-order valence-corrected chi connectivity index (χ0v) is 27.5. The lowest BCUT2D eigenvalue weighted by molar-refractivity contribution is -0.199. The maximum Gasteiger partial charge on any atom is 0.481 e. The third-order valence-corrected chi connectivity index (χ3v) is 10.3. The molecule has 3 saturated carbocycles. The number of carbonyl (C=O) groups is 3. The van der Waals surface area contributed by atoms with Gasteiger partial charge in [0.05, 0.1) is 23.8 Å². The van der Waals surface area contributed by atoms with Gasteiger partial charge < -0.3 is 25.3 Å². The van der Waals surface area contributed by atoms with Gasteiger partial charge in [-0.15, -0.1) is 0 Å². The largest absolute Gasteiger partial charge is 0.481 e. The Balaban J connectivity index is 1.31. The summed E-state index contributed by atoms with van der Waals surface area (Å²) in [5, 5.41) is 8.73. The highest BCUT2D eigenvalue weighted by atomic mass is 16.7. The minimum atomic E-state index is -1.06. The van der Waals surface area contributed by atoms with Crippen molar-refractivity contribution in [3.8, 4) is 0 Å². The van der Waals surface area contributed by atoms with Gasteiger partial charge in [-0.25, -0.2) is 4.98 Å². The second-order valence-corrected chi connectivity index (χ2v) is 14.2. The van der Waals surface area contributed by atoms with Gasteiger partial charge in [-0.05, 0) is 79.9 Å². The van der Waals surface area contributed by atoms with Crippen molar-refractivity contribution in [3.05, 3.63) is 59.7 Å². The fraction of sp³-hybridized carbons (Fsp3) is 0.618. The van der Waals surface area contributed by atoms with Crippen LogP contribution in [0.25, 0.3) is 0 Å². The lowest BCUT2D eigenvalue weighted by Gasteiger charge is -2.64. The lowest BCUT2D eigenvalue weighted by atomic mass is 9.43. The second-order valence-electron chi connectivity index (χ2n) is 14.2. The molecule has 11 heteroatoms. The van der Waals surface area contributed by atoms with Crippen molar-refractivity contribution in [3.63, 3.8) is 0 Å². The molecule has 1 aliphatic heterocycles. The Kier molecular flexibility index (Phi) is 9.99. The third-order valence-electron chi connectivity index (χ3n) is 10.3. The summed E-state index contributed by atoms with van der Waals surface area (Å²) >= 11 is 0. The van der Waals surface area contributed by atoms with Crippen LogP contribution in [0.5, 0.6) is 0 Å². The number of rotatable bonds is 13. The number of unbranched alkanes of at least 4 members (excludes halogenated alkanes) is 1. The zero-order valence-electron chi connectivity index (χ0n) is 27.5. The van der Waals surface area contributed by atoms with Crippen LogP contribution in [0.2, 0.25) is 0 Å². The van der Waals surface area contributed by atoms with E-state index in [1.54, 1.807) is 12.1 Å². The molecule has 1 aromatic carbocycles. The molecular formula is C34H48BN5O5. The van der Waals surface area contributed by atoms with Crippen LogP contribution in [0.1, 0.15) is 100 Å². The molecule has 45 heavy (non-hydrogen) atoms. The average Bonchev–Trinajstić information content (AvgIpc) is 3.39. The first-order chi connectivity index (χ1) is 21.4. The van der Waals surface area contributed by atoms with Gasteiger partial charge >= 0.3 is 7.12 Å². The van der Waals surface area contributed by atoms with E-state index in [9.17, 15) is 14.4 Å². The number of nitrogens with zero attached hydrogens (tertiary/aromatic N) is 2. The van der Waals surface area contributed by atoms with Crippen molar-refractivity contribution >= 4 is 24.8 Å². The number of carbonyl (C=O) groups excluding carboxylic acids is 3. The molecule has 1 aromatic heterocycles. The van der Waals surface area contributed by atoms with E-state index in [1.165, 1.54) is 18.6 Å². The normalized spacial score (nSPS) is 25.9. The maximum absolute atomic E-state index is 13.9. The van der Waals surface area contributed by atoms with E-state index < -0.39 is 42.4 Å². The van der Waals surface area contributed by atoms with Gasteiger partial charge in [-0.3, -0.25) is 19.4 Å². The molecular weight excluding hydrogens is 569 g/mol. The van der Waals surface area contributed by atoms with E-state index in [0.29, 0.717) is 23.8 Å². The molecule has 10 nitrogen and oxygen atoms in total. The molecule has 2 aromatic rings. The fourth-order valence-corrected chi connectivity index (χ4v) is 7.46. The molecule has 0 spiro atoms. The van der Waals surface area contributed by atoms with Crippen LogP contribution in [0.3, 0.4) is 0 Å². The van der Waals surface area contributed by atoms with Gasteiger partial charge in [-0.1, -0.05) is 53.2 Å². The SMILES string of the molecule is CCCCc1ccc(C(=O)N[C@@H](CNC(=O)c2cnccn2)C(=O)N[C@@H](CC(C)C)B2O[C@@H]3C[C@@H]4C[C@@H](C4(C)C)[C@]3(C)O2)cc1. The molecule has 6 atom stereocenters. The predicted octanol–water partition coefficient (Wildman–Crippen LogP) is 4.15. The smallest absolute Gasteiger partial charge is 0.404 e. The molecule has 3 aliphatic carbocycles. The summed E-state index contributed by atoms with van der Waals surface area (Å²) in [6.07, 6.45) is 10.0. The van der Waals surface area contributed by atoms with Crippen molar-refractivity contribution in [2.45, 2.75) is 104 Å². The highest BCUT2D eigenvalue weighted by Crippen LogP contribution is 2.65. The van der Waals surface area contributed by atoms with Crippen molar-refractivity contribution in [2.75, 3.05) is 6.54 Å². The molecule has 3 amide bonds. The molecule has 2 bridgehead atoms. The number of hydrogen-bond donors (Lipinski definition) is 3. The molecule has 4 fully saturated rings. The fourth-order valence-electron chi connectivity index (χ4n) is 7.46. The van der Waals surface area contributed by atoms with E-state index in [0.717, 1.165) is 37.7 Å². The van der Waals surface area contributed by atoms with E-state index in [4.69, 9.17) is 9.31 Å². The van der Waals surface area contributed by atoms with Crippen LogP contribution in [0, 0.1) is 23.2 Å². The monoisotopic (exact) mass is 617 g/mol. The standard InChI is InChI=1S/C34H48BN5O5/c1-7-8-9-22-10-12-23(13-11-22)30(41)39-26(20-38-31(42)25-19-36-14-15-37-25)32(43)40-29(16-21(2)3)35-44-28-18-24-17-27(33(24,4)5)34(28,6)45-35/h10-15,19,21,24,26-29H,7-9,16-18,20H2,1-6H3,(H,38,42)(H,39,41)(H,40,43)/t24-,26-,27-,28+,29-,34-/m0/s1. The first-order valence-electron chi connectivity index (χ1n) is 16.5. The zero-order chi connectivity index (χ0) is 32.4. The number of aryl methyl sites for hydroxylation is 1. The lowest BCUT2D eigenvalue weighted by Crippen LogP contribution is -2.65. The average molecular weight is 618 g/mol. The Morgan fingerprint density at radius 3 is 2.44 bits per heavy atom. The van der Waals surface area contributed by atoms with Gasteiger partial charge in [0.25, 0.3) is 11.8 Å². The van der Waals surface area contributed by atoms with E-state index >= 15 is 0 Å². The highest BCUT2D eigenvalue weighted by Gasteiger charge is 2.68. The van der Waals surface area contributed by atoms with Crippen LogP contribution < -0.4 is 16.0 Å². The maximum atomic E-state index is 13.9. The molecule has 3 N–H and O–H groups in total. The summed E-state index contributed by atoms with van der Waals surface area (Å²) in [5.41, 5.74) is 1.50. The first-order valence-corrected chi connectivity index (χ1v) is 16.5. The minimum Gasteiger partial charge on any atom is -0.404 e. The number of nitrogens with one attached hydrogen (secondary N) is 3.